The smallest absolute Gasteiger partial charge is 0.270 e. The summed E-state index contributed by atoms with van der Waals surface area (Å²) in [4.78, 5) is 19.5. The van der Waals surface area contributed by atoms with Gasteiger partial charge in [0.2, 0.25) is 0 Å². The minimum absolute atomic E-state index is 0.169. The molecule has 2 aromatic heterocycles. The molecule has 0 unspecified atom stereocenters. The van der Waals surface area contributed by atoms with Gasteiger partial charge >= 0.3 is 0 Å². The average molecular weight is 213 g/mol. The summed E-state index contributed by atoms with van der Waals surface area (Å²) < 4.78 is 0. The van der Waals surface area contributed by atoms with Crippen LogP contribution in [0.15, 0.2) is 48.9 Å². The van der Waals surface area contributed by atoms with E-state index in [2.05, 4.69) is 15.3 Å². The Morgan fingerprint density at radius 3 is 2.62 bits per heavy atom. The molecule has 80 valence electrons. The summed E-state index contributed by atoms with van der Waals surface area (Å²) in [6.07, 6.45) is 4.99. The highest BCUT2D eigenvalue weighted by atomic mass is 16.1. The fourth-order valence-electron chi connectivity index (χ4n) is 1.27. The molecule has 2 aromatic rings. The third-order valence-corrected chi connectivity index (χ3v) is 2.10. The van der Waals surface area contributed by atoms with Crippen LogP contribution in [0.5, 0.6) is 0 Å². The summed E-state index contributed by atoms with van der Waals surface area (Å²) in [6, 6.07) is 8.97. The minimum atomic E-state index is -0.169. The summed E-state index contributed by atoms with van der Waals surface area (Å²) >= 11 is 0. The van der Waals surface area contributed by atoms with Crippen molar-refractivity contribution >= 4 is 5.91 Å². The van der Waals surface area contributed by atoms with Crippen LogP contribution in [0, 0.1) is 0 Å². The quantitative estimate of drug-likeness (QED) is 0.838. The molecule has 4 nitrogen and oxygen atoms in total. The van der Waals surface area contributed by atoms with E-state index in [4.69, 9.17) is 0 Å². The average Bonchev–Trinajstić information content (AvgIpc) is 2.38. The van der Waals surface area contributed by atoms with E-state index in [1.165, 1.54) is 0 Å². The maximum absolute atomic E-state index is 11.6. The molecule has 0 radical (unpaired) electrons. The number of hydrogen-bond donors (Lipinski definition) is 1. The van der Waals surface area contributed by atoms with Crippen molar-refractivity contribution in [3.05, 3.63) is 60.2 Å². The number of amides is 1. The van der Waals surface area contributed by atoms with Crippen molar-refractivity contribution in [2.45, 2.75) is 6.54 Å². The molecule has 0 fully saturated rings. The first-order chi connectivity index (χ1) is 7.86. The highest BCUT2D eigenvalue weighted by Crippen LogP contribution is 1.97. The van der Waals surface area contributed by atoms with Gasteiger partial charge in [-0.15, -0.1) is 0 Å². The van der Waals surface area contributed by atoms with Gasteiger partial charge in [-0.3, -0.25) is 14.8 Å². The summed E-state index contributed by atoms with van der Waals surface area (Å²) in [5.41, 5.74) is 1.44. The van der Waals surface area contributed by atoms with E-state index in [0.717, 1.165) is 5.56 Å². The highest BCUT2D eigenvalue weighted by Gasteiger charge is 2.04. The normalized spacial score (nSPS) is 9.75. The van der Waals surface area contributed by atoms with E-state index in [9.17, 15) is 4.79 Å². The number of pyridine rings is 2. The van der Waals surface area contributed by atoms with E-state index in [0.29, 0.717) is 12.2 Å². The van der Waals surface area contributed by atoms with Gasteiger partial charge in [0.15, 0.2) is 0 Å². The van der Waals surface area contributed by atoms with Crippen molar-refractivity contribution in [2.75, 3.05) is 0 Å². The Bertz CT molecular complexity index is 456. The zero-order chi connectivity index (χ0) is 11.2. The maximum atomic E-state index is 11.6. The lowest BCUT2D eigenvalue weighted by Crippen LogP contribution is -2.23. The number of carbonyl (C=O) groups excluding carboxylic acids is 1. The van der Waals surface area contributed by atoms with E-state index in [1.807, 2.05) is 12.1 Å². The van der Waals surface area contributed by atoms with Crippen LogP contribution in [0.2, 0.25) is 0 Å². The lowest BCUT2D eigenvalue weighted by molar-refractivity contribution is 0.0946. The van der Waals surface area contributed by atoms with Crippen LogP contribution in [-0.2, 0) is 6.54 Å². The van der Waals surface area contributed by atoms with E-state index in [1.54, 1.807) is 36.8 Å². The van der Waals surface area contributed by atoms with Gasteiger partial charge in [-0.05, 0) is 29.8 Å². The molecule has 0 aliphatic rings. The summed E-state index contributed by atoms with van der Waals surface area (Å²) in [6.45, 7) is 0.484. The largest absolute Gasteiger partial charge is 0.347 e. The molecular weight excluding hydrogens is 202 g/mol. The van der Waals surface area contributed by atoms with Crippen molar-refractivity contribution in [2.24, 2.45) is 0 Å². The van der Waals surface area contributed by atoms with Crippen molar-refractivity contribution in [1.82, 2.24) is 15.3 Å². The summed E-state index contributed by atoms with van der Waals surface area (Å²) in [5.74, 6) is -0.169. The molecule has 0 saturated carbocycles. The Morgan fingerprint density at radius 1 is 1.12 bits per heavy atom. The molecule has 16 heavy (non-hydrogen) atoms. The molecule has 0 aromatic carbocycles. The summed E-state index contributed by atoms with van der Waals surface area (Å²) in [5, 5.41) is 2.79. The first-order valence-electron chi connectivity index (χ1n) is 4.94. The number of aromatic nitrogens is 2. The molecule has 0 saturated heterocycles. The van der Waals surface area contributed by atoms with E-state index < -0.39 is 0 Å². The summed E-state index contributed by atoms with van der Waals surface area (Å²) in [7, 11) is 0. The fraction of sp³-hybridized carbons (Fsp3) is 0.0833. The number of rotatable bonds is 3. The van der Waals surface area contributed by atoms with E-state index in [-0.39, 0.29) is 5.91 Å². The molecular formula is C12H11N3O. The highest BCUT2D eigenvalue weighted by molar-refractivity contribution is 5.92. The Balaban J connectivity index is 1.95. The Morgan fingerprint density at radius 2 is 1.94 bits per heavy atom. The second-order valence-electron chi connectivity index (χ2n) is 3.25. The molecule has 1 amide bonds. The molecule has 0 aliphatic carbocycles. The zero-order valence-corrected chi connectivity index (χ0v) is 8.63. The number of nitrogens with zero attached hydrogens (tertiary/aromatic N) is 2. The molecule has 2 rings (SSSR count). The Labute approximate surface area is 93.4 Å². The van der Waals surface area contributed by atoms with Crippen LogP contribution in [0.1, 0.15) is 16.1 Å². The van der Waals surface area contributed by atoms with Crippen molar-refractivity contribution in [3.8, 4) is 0 Å². The van der Waals surface area contributed by atoms with Gasteiger partial charge in [0.25, 0.3) is 5.91 Å². The third-order valence-electron chi connectivity index (χ3n) is 2.10. The predicted molar refractivity (Wildman–Crippen MR) is 59.6 cm³/mol. The van der Waals surface area contributed by atoms with Gasteiger partial charge in [0, 0.05) is 25.1 Å². The monoisotopic (exact) mass is 213 g/mol. The Hall–Kier alpha value is -2.23. The van der Waals surface area contributed by atoms with Crippen LogP contribution < -0.4 is 5.32 Å². The maximum Gasteiger partial charge on any atom is 0.270 e. The molecule has 1 N–H and O–H groups in total. The molecule has 0 atom stereocenters. The van der Waals surface area contributed by atoms with Crippen LogP contribution >= 0.6 is 0 Å². The molecule has 0 bridgehead atoms. The molecule has 2 heterocycles. The fourth-order valence-corrected chi connectivity index (χ4v) is 1.27. The van der Waals surface area contributed by atoms with Crippen LogP contribution in [0.25, 0.3) is 0 Å². The van der Waals surface area contributed by atoms with Gasteiger partial charge in [-0.2, -0.15) is 0 Å². The van der Waals surface area contributed by atoms with Gasteiger partial charge in [0.05, 0.1) is 0 Å². The third kappa shape index (κ3) is 2.63. The lowest BCUT2D eigenvalue weighted by atomic mass is 10.2. The first kappa shape index (κ1) is 10.3. The van der Waals surface area contributed by atoms with Crippen LogP contribution in [-0.4, -0.2) is 15.9 Å². The Kier molecular flexibility index (Phi) is 3.23. The standard InChI is InChI=1S/C12H11N3O/c16-12(11-3-1-2-6-14-11)15-9-10-4-7-13-8-5-10/h1-8H,9H2,(H,15,16). The van der Waals surface area contributed by atoms with Gasteiger partial charge in [-0.1, -0.05) is 6.07 Å². The zero-order valence-electron chi connectivity index (χ0n) is 8.63. The van der Waals surface area contributed by atoms with Crippen LogP contribution in [0.3, 0.4) is 0 Å². The number of carbonyl (C=O) groups is 1. The van der Waals surface area contributed by atoms with Gasteiger partial charge in [-0.25, -0.2) is 0 Å². The second kappa shape index (κ2) is 5.02. The number of nitrogens with one attached hydrogen (secondary N) is 1. The molecule has 0 aliphatic heterocycles. The van der Waals surface area contributed by atoms with Crippen LogP contribution in [0.4, 0.5) is 0 Å². The van der Waals surface area contributed by atoms with Gasteiger partial charge < -0.3 is 5.32 Å². The lowest BCUT2D eigenvalue weighted by Gasteiger charge is -2.03. The second-order valence-corrected chi connectivity index (χ2v) is 3.25. The molecule has 4 heteroatoms. The SMILES string of the molecule is O=C(NCc1ccncc1)c1ccccn1. The minimum Gasteiger partial charge on any atom is -0.347 e. The predicted octanol–water partition coefficient (Wildman–Crippen LogP) is 1.41. The van der Waals surface area contributed by atoms with Crippen molar-refractivity contribution in [1.29, 1.82) is 0 Å². The molecule has 0 spiro atoms. The van der Waals surface area contributed by atoms with Crippen molar-refractivity contribution in [3.63, 3.8) is 0 Å². The van der Waals surface area contributed by atoms with Gasteiger partial charge in [0.1, 0.15) is 5.69 Å². The number of hydrogen-bond acceptors (Lipinski definition) is 3. The van der Waals surface area contributed by atoms with Crippen molar-refractivity contribution < 1.29 is 4.79 Å². The van der Waals surface area contributed by atoms with E-state index >= 15 is 0 Å². The topological polar surface area (TPSA) is 54.9 Å². The first-order valence-corrected chi connectivity index (χ1v) is 4.94.